The van der Waals surface area contributed by atoms with Crippen molar-refractivity contribution >= 4 is 44.1 Å². The molecule has 92 valence electrons. The summed E-state index contributed by atoms with van der Waals surface area (Å²) in [4.78, 5) is 4.30. The van der Waals surface area contributed by atoms with Crippen LogP contribution in [-0.2, 0) is 0 Å². The highest BCUT2D eigenvalue weighted by Crippen LogP contribution is 2.37. The third kappa shape index (κ3) is 2.05. The molecule has 18 heavy (non-hydrogen) atoms. The Balaban J connectivity index is 2.95. The zero-order valence-corrected chi connectivity index (χ0v) is 12.4. The number of aromatic nitrogens is 1. The number of fused-ring (bicyclic) bond motifs is 1. The van der Waals surface area contributed by atoms with Crippen molar-refractivity contribution in [1.82, 2.24) is 4.98 Å². The lowest BCUT2D eigenvalue weighted by molar-refractivity contribution is 1.20. The van der Waals surface area contributed by atoms with Crippen LogP contribution in [0, 0.1) is 18.3 Å². The third-order valence-corrected chi connectivity index (χ3v) is 3.78. The highest BCUT2D eigenvalue weighted by molar-refractivity contribution is 9.10. The van der Waals surface area contributed by atoms with Crippen molar-refractivity contribution in [2.45, 2.75) is 13.8 Å². The van der Waals surface area contributed by atoms with Crippen molar-refractivity contribution in [2.75, 3.05) is 11.9 Å². The van der Waals surface area contributed by atoms with Crippen LogP contribution in [0.25, 0.3) is 10.9 Å². The number of nitriles is 1. The summed E-state index contributed by atoms with van der Waals surface area (Å²) in [5, 5.41) is 13.8. The summed E-state index contributed by atoms with van der Waals surface area (Å²) in [5.41, 5.74) is 2.97. The van der Waals surface area contributed by atoms with Gasteiger partial charge in [0.15, 0.2) is 0 Å². The maximum atomic E-state index is 9.15. The number of nitrogens with zero attached hydrogens (tertiary/aromatic N) is 2. The Kier molecular flexibility index (Phi) is 3.74. The molecule has 1 N–H and O–H groups in total. The fourth-order valence-electron chi connectivity index (χ4n) is 1.87. The molecule has 0 amide bonds. The number of anilines is 1. The van der Waals surface area contributed by atoms with Gasteiger partial charge in [-0.15, -0.1) is 0 Å². The summed E-state index contributed by atoms with van der Waals surface area (Å²) < 4.78 is 0.878. The van der Waals surface area contributed by atoms with E-state index in [1.165, 1.54) is 0 Å². The van der Waals surface area contributed by atoms with E-state index in [1.54, 1.807) is 6.20 Å². The molecule has 0 aliphatic carbocycles. The van der Waals surface area contributed by atoms with E-state index in [9.17, 15) is 0 Å². The third-order valence-electron chi connectivity index (χ3n) is 2.69. The topological polar surface area (TPSA) is 48.7 Å². The van der Waals surface area contributed by atoms with Gasteiger partial charge in [-0.25, -0.2) is 0 Å². The molecule has 0 saturated carbocycles. The van der Waals surface area contributed by atoms with Crippen molar-refractivity contribution in [3.8, 4) is 6.07 Å². The van der Waals surface area contributed by atoms with Gasteiger partial charge in [-0.2, -0.15) is 5.26 Å². The van der Waals surface area contributed by atoms with E-state index in [-0.39, 0.29) is 0 Å². The summed E-state index contributed by atoms with van der Waals surface area (Å²) in [5.74, 6) is 0. The van der Waals surface area contributed by atoms with Gasteiger partial charge in [0.05, 0.1) is 21.8 Å². The summed E-state index contributed by atoms with van der Waals surface area (Å²) in [6.07, 6.45) is 1.57. The molecule has 0 aliphatic rings. The Morgan fingerprint density at radius 2 is 2.28 bits per heavy atom. The molecule has 1 heterocycles. The number of nitrogens with one attached hydrogen (secondary N) is 1. The van der Waals surface area contributed by atoms with Gasteiger partial charge >= 0.3 is 0 Å². The highest BCUT2D eigenvalue weighted by Gasteiger charge is 2.15. The highest BCUT2D eigenvalue weighted by atomic mass is 79.9. The van der Waals surface area contributed by atoms with Crippen LogP contribution in [0.5, 0.6) is 0 Å². The van der Waals surface area contributed by atoms with Crippen LogP contribution in [0.15, 0.2) is 16.7 Å². The Hall–Kier alpha value is -1.31. The summed E-state index contributed by atoms with van der Waals surface area (Å²) in [7, 11) is 0. The molecule has 0 radical (unpaired) electrons. The van der Waals surface area contributed by atoms with Gasteiger partial charge in [-0.05, 0) is 41.4 Å². The second-order valence-electron chi connectivity index (χ2n) is 3.90. The molecular weight excluding hydrogens is 314 g/mol. The molecule has 2 rings (SSSR count). The zero-order valence-electron chi connectivity index (χ0n) is 10.0. The molecule has 0 spiro atoms. The van der Waals surface area contributed by atoms with Gasteiger partial charge in [0.25, 0.3) is 0 Å². The molecule has 0 fully saturated rings. The van der Waals surface area contributed by atoms with Gasteiger partial charge in [0, 0.05) is 22.6 Å². The summed E-state index contributed by atoms with van der Waals surface area (Å²) >= 11 is 9.84. The number of hydrogen-bond acceptors (Lipinski definition) is 3. The minimum absolute atomic E-state index is 0.503. The van der Waals surface area contributed by atoms with E-state index in [4.69, 9.17) is 16.9 Å². The minimum atomic E-state index is 0.503. The van der Waals surface area contributed by atoms with E-state index in [0.29, 0.717) is 10.6 Å². The first-order chi connectivity index (χ1) is 8.60. The second kappa shape index (κ2) is 5.13. The first-order valence-electron chi connectivity index (χ1n) is 5.51. The quantitative estimate of drug-likeness (QED) is 0.897. The Morgan fingerprint density at radius 1 is 1.56 bits per heavy atom. The van der Waals surface area contributed by atoms with Crippen molar-refractivity contribution in [2.24, 2.45) is 0 Å². The van der Waals surface area contributed by atoms with Gasteiger partial charge in [-0.3, -0.25) is 4.98 Å². The summed E-state index contributed by atoms with van der Waals surface area (Å²) in [6.45, 7) is 4.63. The molecule has 0 unspecified atom stereocenters. The molecule has 0 aliphatic heterocycles. The van der Waals surface area contributed by atoms with Gasteiger partial charge in [0.1, 0.15) is 6.07 Å². The number of benzene rings is 1. The second-order valence-corrected chi connectivity index (χ2v) is 5.13. The van der Waals surface area contributed by atoms with Crippen LogP contribution in [-0.4, -0.2) is 11.5 Å². The Labute approximate surface area is 119 Å². The van der Waals surface area contributed by atoms with E-state index >= 15 is 0 Å². The molecule has 0 atom stereocenters. The van der Waals surface area contributed by atoms with Crippen LogP contribution in [0.1, 0.15) is 18.1 Å². The first-order valence-corrected chi connectivity index (χ1v) is 6.68. The predicted octanol–water partition coefficient (Wildman–Crippen LogP) is 4.26. The maximum Gasteiger partial charge on any atom is 0.103 e. The average Bonchev–Trinajstić information content (AvgIpc) is 2.36. The van der Waals surface area contributed by atoms with Crippen molar-refractivity contribution in [3.63, 3.8) is 0 Å². The van der Waals surface area contributed by atoms with Gasteiger partial charge in [-0.1, -0.05) is 11.6 Å². The molecule has 3 nitrogen and oxygen atoms in total. The van der Waals surface area contributed by atoms with Crippen LogP contribution >= 0.6 is 27.5 Å². The standard InChI is InChI=1S/C13H11BrClN3/c1-3-17-12-8(5-16)6-18-13-9(14)4-7(2)11(15)10(12)13/h4,6H,3H2,1-2H3,(H,17,18). The molecule has 0 bridgehead atoms. The number of pyridine rings is 1. The molecule has 1 aromatic carbocycles. The van der Waals surface area contributed by atoms with Gasteiger partial charge in [0.2, 0.25) is 0 Å². The van der Waals surface area contributed by atoms with Crippen LogP contribution in [0.3, 0.4) is 0 Å². The van der Waals surface area contributed by atoms with Crippen LogP contribution in [0.2, 0.25) is 5.02 Å². The average molecular weight is 325 g/mol. The summed E-state index contributed by atoms with van der Waals surface area (Å²) in [6, 6.07) is 4.07. The largest absolute Gasteiger partial charge is 0.384 e. The lowest BCUT2D eigenvalue weighted by atomic mass is 10.1. The number of aryl methyl sites for hydroxylation is 1. The minimum Gasteiger partial charge on any atom is -0.384 e. The fourth-order valence-corrected chi connectivity index (χ4v) is 2.75. The molecule has 5 heteroatoms. The first kappa shape index (κ1) is 13.1. The van der Waals surface area contributed by atoms with E-state index in [1.807, 2.05) is 19.9 Å². The van der Waals surface area contributed by atoms with Crippen LogP contribution < -0.4 is 5.32 Å². The van der Waals surface area contributed by atoms with E-state index in [2.05, 4.69) is 32.3 Å². The Morgan fingerprint density at radius 3 is 2.89 bits per heavy atom. The lowest BCUT2D eigenvalue weighted by Crippen LogP contribution is -2.02. The number of rotatable bonds is 2. The lowest BCUT2D eigenvalue weighted by Gasteiger charge is -2.13. The van der Waals surface area contributed by atoms with Crippen molar-refractivity contribution in [3.05, 3.63) is 32.9 Å². The van der Waals surface area contributed by atoms with E-state index < -0.39 is 0 Å². The van der Waals surface area contributed by atoms with Gasteiger partial charge < -0.3 is 5.32 Å². The number of hydrogen-bond donors (Lipinski definition) is 1. The molecule has 0 saturated heterocycles. The van der Waals surface area contributed by atoms with Crippen molar-refractivity contribution < 1.29 is 0 Å². The molecule has 2 aromatic rings. The molecule has 1 aromatic heterocycles. The van der Waals surface area contributed by atoms with E-state index in [0.717, 1.165) is 33.2 Å². The Bertz CT molecular complexity index is 662. The fraction of sp³-hybridized carbons (Fsp3) is 0.231. The molecular formula is C13H11BrClN3. The van der Waals surface area contributed by atoms with Crippen molar-refractivity contribution in [1.29, 1.82) is 5.26 Å². The normalized spacial score (nSPS) is 10.4. The smallest absolute Gasteiger partial charge is 0.103 e. The van der Waals surface area contributed by atoms with Crippen LogP contribution in [0.4, 0.5) is 5.69 Å². The SMILES string of the molecule is CCNc1c(C#N)cnc2c(Br)cc(C)c(Cl)c12. The maximum absolute atomic E-state index is 9.15. The predicted molar refractivity (Wildman–Crippen MR) is 78.1 cm³/mol. The number of halogens is 2. The monoisotopic (exact) mass is 323 g/mol. The zero-order chi connectivity index (χ0) is 13.3.